The smallest absolute Gasteiger partial charge is 0.252 e. The van der Waals surface area contributed by atoms with Gasteiger partial charge in [0.1, 0.15) is 4.21 Å². The van der Waals surface area contributed by atoms with Crippen LogP contribution in [0.5, 0.6) is 0 Å². The molecule has 0 aromatic carbocycles. The summed E-state index contributed by atoms with van der Waals surface area (Å²) >= 11 is 10.2. The molecule has 9 heteroatoms. The minimum atomic E-state index is -3.55. The quantitative estimate of drug-likeness (QED) is 0.791. The van der Waals surface area contributed by atoms with E-state index in [1.165, 1.54) is 10.4 Å². The third-order valence-corrected chi connectivity index (χ3v) is 7.76. The van der Waals surface area contributed by atoms with E-state index >= 15 is 0 Å². The Morgan fingerprint density at radius 3 is 2.26 bits per heavy atom. The highest BCUT2D eigenvalue weighted by Crippen LogP contribution is 2.36. The van der Waals surface area contributed by atoms with Gasteiger partial charge in [-0.25, -0.2) is 8.42 Å². The molecule has 2 unspecified atom stereocenters. The number of methoxy groups -OCH3 is 2. The minimum absolute atomic E-state index is 0.219. The second kappa shape index (κ2) is 5.97. The molecule has 1 aromatic rings. The van der Waals surface area contributed by atoms with Crippen molar-refractivity contribution in [1.82, 2.24) is 4.31 Å². The molecule has 0 amide bonds. The summed E-state index contributed by atoms with van der Waals surface area (Å²) in [5.41, 5.74) is 0. The molecular weight excluding hydrogens is 378 g/mol. The van der Waals surface area contributed by atoms with Crippen LogP contribution in [0.25, 0.3) is 0 Å². The zero-order chi connectivity index (χ0) is 14.2. The van der Waals surface area contributed by atoms with Crippen LogP contribution in [0.15, 0.2) is 14.1 Å². The third kappa shape index (κ3) is 2.99. The van der Waals surface area contributed by atoms with Gasteiger partial charge in [-0.15, -0.1) is 11.3 Å². The zero-order valence-electron chi connectivity index (χ0n) is 10.3. The van der Waals surface area contributed by atoms with Crippen molar-refractivity contribution in [3.05, 3.63) is 14.9 Å². The highest BCUT2D eigenvalue weighted by Gasteiger charge is 2.40. The van der Waals surface area contributed by atoms with Crippen molar-refractivity contribution in [3.63, 3.8) is 0 Å². The Labute approximate surface area is 129 Å². The lowest BCUT2D eigenvalue weighted by Crippen LogP contribution is -2.29. The molecule has 2 rings (SSSR count). The lowest BCUT2D eigenvalue weighted by atomic mass is 10.3. The van der Waals surface area contributed by atoms with Crippen molar-refractivity contribution in [3.8, 4) is 0 Å². The number of ether oxygens (including phenoxy) is 2. The van der Waals surface area contributed by atoms with Crippen LogP contribution in [0.3, 0.4) is 0 Å². The number of nitrogens with zero attached hydrogens (tertiary/aromatic N) is 1. The van der Waals surface area contributed by atoms with Crippen molar-refractivity contribution < 1.29 is 17.9 Å². The second-order valence-electron chi connectivity index (χ2n) is 4.06. The molecule has 0 aliphatic carbocycles. The summed E-state index contributed by atoms with van der Waals surface area (Å²) < 4.78 is 37.6. The van der Waals surface area contributed by atoms with E-state index in [1.54, 1.807) is 14.2 Å². The summed E-state index contributed by atoms with van der Waals surface area (Å²) in [5, 5.41) is 0.398. The Kier molecular flexibility index (Phi) is 4.92. The fraction of sp³-hybridized carbons (Fsp3) is 0.600. The summed E-state index contributed by atoms with van der Waals surface area (Å²) in [6.07, 6.45) is -0.503. The predicted octanol–water partition coefficient (Wildman–Crippen LogP) is 2.20. The third-order valence-electron chi connectivity index (χ3n) is 3.00. The topological polar surface area (TPSA) is 55.8 Å². The van der Waals surface area contributed by atoms with E-state index in [0.29, 0.717) is 8.81 Å². The van der Waals surface area contributed by atoms with Crippen LogP contribution in [0.1, 0.15) is 0 Å². The largest absolute Gasteiger partial charge is 0.377 e. The maximum atomic E-state index is 12.5. The van der Waals surface area contributed by atoms with Crippen LogP contribution >= 0.6 is 38.9 Å². The van der Waals surface area contributed by atoms with E-state index in [0.717, 1.165) is 11.3 Å². The minimum Gasteiger partial charge on any atom is -0.377 e. The van der Waals surface area contributed by atoms with Crippen LogP contribution in [0, 0.1) is 0 Å². The molecule has 1 fully saturated rings. The summed E-state index contributed by atoms with van der Waals surface area (Å²) in [7, 11) is -0.455. The standard InChI is InChI=1S/C10H13BrClNO4S2/c1-16-7-4-13(5-8(7)17-2)19(14,15)9-3-6(12)10(11)18-9/h3,7-8H,4-5H2,1-2H3. The van der Waals surface area contributed by atoms with Gasteiger partial charge in [0.2, 0.25) is 0 Å². The molecule has 108 valence electrons. The first kappa shape index (κ1) is 15.7. The van der Waals surface area contributed by atoms with Crippen LogP contribution < -0.4 is 0 Å². The maximum absolute atomic E-state index is 12.5. The molecule has 2 atom stereocenters. The highest BCUT2D eigenvalue weighted by atomic mass is 79.9. The lowest BCUT2D eigenvalue weighted by Gasteiger charge is -2.14. The molecule has 5 nitrogen and oxygen atoms in total. The Balaban J connectivity index is 2.26. The maximum Gasteiger partial charge on any atom is 0.252 e. The van der Waals surface area contributed by atoms with Gasteiger partial charge >= 0.3 is 0 Å². The zero-order valence-corrected chi connectivity index (χ0v) is 14.3. The molecule has 0 N–H and O–H groups in total. The van der Waals surface area contributed by atoms with E-state index in [9.17, 15) is 8.42 Å². The molecule has 0 radical (unpaired) electrons. The van der Waals surface area contributed by atoms with E-state index in [-0.39, 0.29) is 29.5 Å². The monoisotopic (exact) mass is 389 g/mol. The van der Waals surface area contributed by atoms with Crippen molar-refractivity contribution >= 4 is 48.9 Å². The van der Waals surface area contributed by atoms with Crippen LogP contribution in [0.2, 0.25) is 5.02 Å². The highest BCUT2D eigenvalue weighted by molar-refractivity contribution is 9.11. The number of hydrogen-bond donors (Lipinski definition) is 0. The first-order valence-electron chi connectivity index (χ1n) is 5.40. The summed E-state index contributed by atoms with van der Waals surface area (Å²) in [4.78, 5) is 0. The summed E-state index contributed by atoms with van der Waals surface area (Å²) in [6.45, 7) is 0.564. The summed E-state index contributed by atoms with van der Waals surface area (Å²) in [5.74, 6) is 0. The van der Waals surface area contributed by atoms with Gasteiger partial charge in [-0.1, -0.05) is 11.6 Å². The fourth-order valence-electron chi connectivity index (χ4n) is 1.94. The van der Waals surface area contributed by atoms with Crippen LogP contribution in [-0.4, -0.2) is 52.2 Å². The first-order valence-corrected chi connectivity index (χ1v) is 8.83. The molecular formula is C10H13BrClNO4S2. The Morgan fingerprint density at radius 1 is 1.37 bits per heavy atom. The number of halogens is 2. The van der Waals surface area contributed by atoms with Crippen LogP contribution in [-0.2, 0) is 19.5 Å². The Morgan fingerprint density at radius 2 is 1.89 bits per heavy atom. The van der Waals surface area contributed by atoms with Crippen LogP contribution in [0.4, 0.5) is 0 Å². The second-order valence-corrected chi connectivity index (χ2v) is 9.00. The average molecular weight is 391 g/mol. The van der Waals surface area contributed by atoms with Gasteiger partial charge < -0.3 is 9.47 Å². The normalized spacial score (nSPS) is 25.1. The SMILES string of the molecule is COC1CN(S(=O)(=O)c2cc(Cl)c(Br)s2)CC1OC. The van der Waals surface area contributed by atoms with Gasteiger partial charge in [0.15, 0.2) is 0 Å². The molecule has 0 spiro atoms. The average Bonchev–Trinajstić information content (AvgIpc) is 2.94. The summed E-state index contributed by atoms with van der Waals surface area (Å²) in [6, 6.07) is 1.45. The fourth-order valence-corrected chi connectivity index (χ4v) is 5.96. The Bertz CT molecular complexity index is 530. The van der Waals surface area contributed by atoms with E-state index < -0.39 is 10.0 Å². The van der Waals surface area contributed by atoms with Gasteiger partial charge in [-0.2, -0.15) is 4.31 Å². The van der Waals surface area contributed by atoms with E-state index in [2.05, 4.69) is 15.9 Å². The van der Waals surface area contributed by atoms with Crippen molar-refractivity contribution in [2.75, 3.05) is 27.3 Å². The van der Waals surface area contributed by atoms with E-state index in [4.69, 9.17) is 21.1 Å². The number of thiophene rings is 1. The van der Waals surface area contributed by atoms with Gasteiger partial charge in [-0.05, 0) is 22.0 Å². The first-order chi connectivity index (χ1) is 8.90. The molecule has 2 heterocycles. The van der Waals surface area contributed by atoms with Crippen molar-refractivity contribution in [1.29, 1.82) is 0 Å². The number of hydrogen-bond acceptors (Lipinski definition) is 5. The molecule has 0 saturated carbocycles. The van der Waals surface area contributed by atoms with Gasteiger partial charge in [0, 0.05) is 27.3 Å². The lowest BCUT2D eigenvalue weighted by molar-refractivity contribution is -0.00461. The molecule has 19 heavy (non-hydrogen) atoms. The van der Waals surface area contributed by atoms with E-state index in [1.807, 2.05) is 0 Å². The molecule has 1 aliphatic rings. The van der Waals surface area contributed by atoms with Gasteiger partial charge in [-0.3, -0.25) is 0 Å². The molecule has 1 aliphatic heterocycles. The number of rotatable bonds is 4. The van der Waals surface area contributed by atoms with Crippen molar-refractivity contribution in [2.24, 2.45) is 0 Å². The molecule has 1 saturated heterocycles. The van der Waals surface area contributed by atoms with Crippen molar-refractivity contribution in [2.45, 2.75) is 16.4 Å². The molecule has 1 aromatic heterocycles. The van der Waals surface area contributed by atoms with Gasteiger partial charge in [0.25, 0.3) is 10.0 Å². The van der Waals surface area contributed by atoms with Gasteiger partial charge in [0.05, 0.1) is 21.0 Å². The predicted molar refractivity (Wildman–Crippen MR) is 77.4 cm³/mol. The molecule has 0 bridgehead atoms. The Hall–Kier alpha value is 0.300. The number of sulfonamides is 1.